The fourth-order valence-corrected chi connectivity index (χ4v) is 3.59. The van der Waals surface area contributed by atoms with E-state index in [2.05, 4.69) is 26.1 Å². The Morgan fingerprint density at radius 1 is 1.11 bits per heavy atom. The Morgan fingerprint density at radius 2 is 1.95 bits per heavy atom. The van der Waals surface area contributed by atoms with Gasteiger partial charge in [0.05, 0.1) is 10.2 Å². The second-order valence-corrected chi connectivity index (χ2v) is 6.24. The first-order valence-corrected chi connectivity index (χ1v) is 7.59. The zero-order valence-corrected chi connectivity index (χ0v) is 12.2. The van der Waals surface area contributed by atoms with Crippen molar-refractivity contribution in [2.45, 2.75) is 37.8 Å². The van der Waals surface area contributed by atoms with E-state index in [0.717, 1.165) is 25.6 Å². The molecule has 0 aliphatic carbocycles. The second kappa shape index (κ2) is 5.37. The molecule has 2 unspecified atom stereocenters. The van der Waals surface area contributed by atoms with E-state index in [0.29, 0.717) is 16.2 Å². The van der Waals surface area contributed by atoms with Crippen molar-refractivity contribution in [3.05, 3.63) is 28.2 Å². The quantitative estimate of drug-likeness (QED) is 0.830. The zero-order valence-electron chi connectivity index (χ0n) is 10.6. The minimum Gasteiger partial charge on any atom is -0.378 e. The third-order valence-corrected chi connectivity index (χ3v) is 4.81. The molecule has 1 N–H and O–H groups in total. The van der Waals surface area contributed by atoms with Gasteiger partial charge in [0.15, 0.2) is 0 Å². The van der Waals surface area contributed by atoms with Crippen LogP contribution in [0.25, 0.3) is 0 Å². The van der Waals surface area contributed by atoms with Gasteiger partial charge in [-0.1, -0.05) is 6.42 Å². The van der Waals surface area contributed by atoms with Crippen LogP contribution >= 0.6 is 15.9 Å². The van der Waals surface area contributed by atoms with Crippen molar-refractivity contribution in [1.29, 1.82) is 0 Å². The third kappa shape index (κ3) is 2.63. The Morgan fingerprint density at radius 3 is 2.79 bits per heavy atom. The van der Waals surface area contributed by atoms with Gasteiger partial charge in [-0.25, -0.2) is 8.78 Å². The lowest BCUT2D eigenvalue weighted by atomic mass is 9.99. The number of nitrogens with one attached hydrogen (secondary N) is 1. The van der Waals surface area contributed by atoms with Crippen LogP contribution in [0.2, 0.25) is 0 Å². The van der Waals surface area contributed by atoms with Crippen LogP contribution in [0.4, 0.5) is 14.5 Å². The molecule has 0 saturated carbocycles. The number of anilines is 1. The molecule has 3 rings (SSSR count). The lowest BCUT2D eigenvalue weighted by Crippen LogP contribution is -2.41. The Labute approximate surface area is 120 Å². The summed E-state index contributed by atoms with van der Waals surface area (Å²) < 4.78 is 27.3. The molecule has 0 radical (unpaired) electrons. The van der Waals surface area contributed by atoms with E-state index in [1.807, 2.05) is 0 Å². The summed E-state index contributed by atoms with van der Waals surface area (Å²) in [5.41, 5.74) is 0.394. The molecule has 2 saturated heterocycles. The fraction of sp³-hybridized carbons (Fsp3) is 0.571. The molecule has 19 heavy (non-hydrogen) atoms. The number of nitrogens with zero attached hydrogens (tertiary/aromatic N) is 1. The molecule has 104 valence electrons. The molecule has 1 aromatic carbocycles. The molecule has 0 aromatic heterocycles. The molecule has 2 nitrogen and oxygen atoms in total. The number of rotatable bonds is 2. The average Bonchev–Trinajstić information content (AvgIpc) is 2.80. The van der Waals surface area contributed by atoms with E-state index in [-0.39, 0.29) is 6.04 Å². The van der Waals surface area contributed by atoms with Crippen molar-refractivity contribution in [3.8, 4) is 0 Å². The largest absolute Gasteiger partial charge is 0.378 e. The van der Waals surface area contributed by atoms with Crippen molar-refractivity contribution in [1.82, 2.24) is 4.90 Å². The maximum Gasteiger partial charge on any atom is 0.149 e. The SMILES string of the molecule is Fc1cc(F)c(NC2CCN3CCCCC23)cc1Br. The van der Waals surface area contributed by atoms with Crippen molar-refractivity contribution in [2.24, 2.45) is 0 Å². The van der Waals surface area contributed by atoms with Crippen LogP contribution in [0, 0.1) is 11.6 Å². The summed E-state index contributed by atoms with van der Waals surface area (Å²) in [5, 5.41) is 3.26. The maximum absolute atomic E-state index is 13.8. The first kappa shape index (κ1) is 13.3. The number of piperidine rings is 1. The number of benzene rings is 1. The molecule has 0 bridgehead atoms. The van der Waals surface area contributed by atoms with E-state index in [9.17, 15) is 8.78 Å². The number of hydrogen-bond donors (Lipinski definition) is 1. The van der Waals surface area contributed by atoms with Gasteiger partial charge >= 0.3 is 0 Å². The Hall–Kier alpha value is -0.680. The predicted molar refractivity (Wildman–Crippen MR) is 75.3 cm³/mol. The van der Waals surface area contributed by atoms with Gasteiger partial charge in [0.1, 0.15) is 11.6 Å². The van der Waals surface area contributed by atoms with Gasteiger partial charge < -0.3 is 5.32 Å². The monoisotopic (exact) mass is 330 g/mol. The average molecular weight is 331 g/mol. The van der Waals surface area contributed by atoms with Crippen LogP contribution < -0.4 is 5.32 Å². The van der Waals surface area contributed by atoms with E-state index in [4.69, 9.17) is 0 Å². The third-order valence-electron chi connectivity index (χ3n) is 4.21. The predicted octanol–water partition coefficient (Wildman–Crippen LogP) is 3.77. The Balaban J connectivity index is 1.76. The van der Waals surface area contributed by atoms with E-state index in [1.165, 1.54) is 25.3 Å². The van der Waals surface area contributed by atoms with Crippen LogP contribution in [0.1, 0.15) is 25.7 Å². The smallest absolute Gasteiger partial charge is 0.149 e. The molecule has 0 amide bonds. The lowest BCUT2D eigenvalue weighted by molar-refractivity contribution is 0.192. The molecular weight excluding hydrogens is 314 g/mol. The highest BCUT2D eigenvalue weighted by Gasteiger charge is 2.35. The molecule has 5 heteroatoms. The van der Waals surface area contributed by atoms with Crippen LogP contribution in [-0.4, -0.2) is 30.1 Å². The summed E-state index contributed by atoms with van der Waals surface area (Å²) in [6, 6.07) is 3.19. The van der Waals surface area contributed by atoms with Gasteiger partial charge in [-0.15, -0.1) is 0 Å². The standard InChI is InChI=1S/C14H17BrF2N2/c15-9-7-13(11(17)8-10(9)16)18-12-4-6-19-5-2-1-3-14(12)19/h7-8,12,14,18H,1-6H2. The Kier molecular flexibility index (Phi) is 3.76. The molecule has 2 aliphatic heterocycles. The lowest BCUT2D eigenvalue weighted by Gasteiger charge is -2.33. The first-order valence-electron chi connectivity index (χ1n) is 6.80. The highest BCUT2D eigenvalue weighted by atomic mass is 79.9. The van der Waals surface area contributed by atoms with Crippen LogP contribution in [0.15, 0.2) is 16.6 Å². The summed E-state index contributed by atoms with van der Waals surface area (Å²) in [4.78, 5) is 2.48. The van der Waals surface area contributed by atoms with Gasteiger partial charge in [-0.2, -0.15) is 0 Å². The number of fused-ring (bicyclic) bond motifs is 1. The second-order valence-electron chi connectivity index (χ2n) is 5.38. The first-order chi connectivity index (χ1) is 9.15. The highest BCUT2D eigenvalue weighted by Crippen LogP contribution is 2.31. The summed E-state index contributed by atoms with van der Waals surface area (Å²) >= 11 is 3.11. The number of hydrogen-bond acceptors (Lipinski definition) is 2. The number of halogens is 3. The minimum atomic E-state index is -0.561. The topological polar surface area (TPSA) is 15.3 Å². The van der Waals surface area contributed by atoms with Crippen molar-refractivity contribution in [2.75, 3.05) is 18.4 Å². The highest BCUT2D eigenvalue weighted by molar-refractivity contribution is 9.10. The Bertz CT molecular complexity index is 481. The maximum atomic E-state index is 13.8. The van der Waals surface area contributed by atoms with Gasteiger partial charge in [0.2, 0.25) is 0 Å². The van der Waals surface area contributed by atoms with Gasteiger partial charge in [0.25, 0.3) is 0 Å². The van der Waals surface area contributed by atoms with Crippen LogP contribution in [0.5, 0.6) is 0 Å². The molecule has 2 fully saturated rings. The van der Waals surface area contributed by atoms with E-state index >= 15 is 0 Å². The van der Waals surface area contributed by atoms with E-state index in [1.54, 1.807) is 0 Å². The molecular formula is C14H17BrF2N2. The van der Waals surface area contributed by atoms with Crippen molar-refractivity contribution in [3.63, 3.8) is 0 Å². The van der Waals surface area contributed by atoms with E-state index < -0.39 is 11.6 Å². The summed E-state index contributed by atoms with van der Waals surface area (Å²) in [5.74, 6) is -1.08. The molecule has 2 atom stereocenters. The molecule has 1 aromatic rings. The molecule has 2 heterocycles. The van der Waals surface area contributed by atoms with Crippen molar-refractivity contribution < 1.29 is 8.78 Å². The van der Waals surface area contributed by atoms with Crippen molar-refractivity contribution >= 4 is 21.6 Å². The minimum absolute atomic E-state index is 0.271. The van der Waals surface area contributed by atoms with Gasteiger partial charge in [-0.3, -0.25) is 4.90 Å². The summed E-state index contributed by atoms with van der Waals surface area (Å²) in [6.07, 6.45) is 4.70. The molecule has 2 aliphatic rings. The van der Waals surface area contributed by atoms with Crippen LogP contribution in [0.3, 0.4) is 0 Å². The molecule has 0 spiro atoms. The van der Waals surface area contributed by atoms with Crippen LogP contribution in [-0.2, 0) is 0 Å². The summed E-state index contributed by atoms with van der Waals surface area (Å²) in [6.45, 7) is 2.23. The van der Waals surface area contributed by atoms with Gasteiger partial charge in [0, 0.05) is 24.7 Å². The normalized spacial score (nSPS) is 27.3. The summed E-state index contributed by atoms with van der Waals surface area (Å²) in [7, 11) is 0. The fourth-order valence-electron chi connectivity index (χ4n) is 3.25. The zero-order chi connectivity index (χ0) is 13.4. The van der Waals surface area contributed by atoms with Gasteiger partial charge in [-0.05, 0) is 47.8 Å².